The van der Waals surface area contributed by atoms with Crippen LogP contribution in [0.2, 0.25) is 0 Å². The van der Waals surface area contributed by atoms with Gasteiger partial charge in [0.2, 0.25) is 0 Å². The lowest BCUT2D eigenvalue weighted by Crippen LogP contribution is -2.28. The van der Waals surface area contributed by atoms with Gasteiger partial charge in [-0.2, -0.15) is 0 Å². The van der Waals surface area contributed by atoms with Gasteiger partial charge in [0.25, 0.3) is 0 Å². The summed E-state index contributed by atoms with van der Waals surface area (Å²) in [6, 6.07) is 6.93. The van der Waals surface area contributed by atoms with E-state index < -0.39 is 0 Å². The fourth-order valence-electron chi connectivity index (χ4n) is 2.58. The lowest BCUT2D eigenvalue weighted by molar-refractivity contribution is 0.265. The van der Waals surface area contributed by atoms with E-state index >= 15 is 0 Å². The molecule has 0 aliphatic heterocycles. The number of benzene rings is 1. The Hall–Kier alpha value is -1.06. The predicted octanol–water partition coefficient (Wildman–Crippen LogP) is 4.37. The summed E-state index contributed by atoms with van der Waals surface area (Å²) in [7, 11) is 2.17. The highest BCUT2D eigenvalue weighted by atomic mass is 35.5. The SMILES string of the molecule is Cc1cccc2c1nc(C(C)Cl)n2CCCN(C)C(C)C. The Morgan fingerprint density at radius 3 is 2.62 bits per heavy atom. The van der Waals surface area contributed by atoms with Gasteiger partial charge in [-0.25, -0.2) is 4.98 Å². The van der Waals surface area contributed by atoms with Crippen LogP contribution < -0.4 is 0 Å². The molecular formula is C17H26ClN3. The average Bonchev–Trinajstić information content (AvgIpc) is 2.79. The molecule has 1 heterocycles. The molecule has 0 amide bonds. The van der Waals surface area contributed by atoms with Gasteiger partial charge in [-0.1, -0.05) is 12.1 Å². The molecule has 0 fully saturated rings. The number of halogens is 1. The number of rotatable bonds is 6. The number of para-hydroxylation sites is 1. The Morgan fingerprint density at radius 2 is 2.00 bits per heavy atom. The van der Waals surface area contributed by atoms with E-state index in [0.29, 0.717) is 6.04 Å². The molecule has 0 bridgehead atoms. The fourth-order valence-corrected chi connectivity index (χ4v) is 2.75. The zero-order chi connectivity index (χ0) is 15.6. The van der Waals surface area contributed by atoms with Crippen molar-refractivity contribution in [2.24, 2.45) is 0 Å². The molecule has 0 N–H and O–H groups in total. The fraction of sp³-hybridized carbons (Fsp3) is 0.588. The first kappa shape index (κ1) is 16.3. The molecule has 0 saturated heterocycles. The number of aromatic nitrogens is 2. The van der Waals surface area contributed by atoms with Crippen molar-refractivity contribution in [3.05, 3.63) is 29.6 Å². The molecule has 1 unspecified atom stereocenters. The zero-order valence-corrected chi connectivity index (χ0v) is 14.5. The van der Waals surface area contributed by atoms with Gasteiger partial charge in [-0.05, 0) is 59.3 Å². The molecule has 0 saturated carbocycles. The van der Waals surface area contributed by atoms with E-state index in [2.05, 4.69) is 55.5 Å². The lowest BCUT2D eigenvalue weighted by atomic mass is 10.2. The summed E-state index contributed by atoms with van der Waals surface area (Å²) in [5.41, 5.74) is 3.49. The maximum Gasteiger partial charge on any atom is 0.127 e. The molecule has 1 atom stereocenters. The molecule has 4 heteroatoms. The minimum Gasteiger partial charge on any atom is -0.327 e. The van der Waals surface area contributed by atoms with Crippen LogP contribution in [-0.4, -0.2) is 34.1 Å². The Labute approximate surface area is 132 Å². The van der Waals surface area contributed by atoms with E-state index in [1.165, 1.54) is 11.1 Å². The van der Waals surface area contributed by atoms with E-state index in [1.807, 2.05) is 6.92 Å². The molecule has 3 nitrogen and oxygen atoms in total. The van der Waals surface area contributed by atoms with Crippen molar-refractivity contribution < 1.29 is 0 Å². The van der Waals surface area contributed by atoms with Crippen molar-refractivity contribution >= 4 is 22.6 Å². The van der Waals surface area contributed by atoms with Crippen molar-refractivity contribution in [2.45, 2.75) is 52.1 Å². The van der Waals surface area contributed by atoms with Gasteiger partial charge in [-0.15, -0.1) is 11.6 Å². The molecule has 0 aliphatic carbocycles. The molecular weight excluding hydrogens is 282 g/mol. The second kappa shape index (κ2) is 6.80. The van der Waals surface area contributed by atoms with Crippen LogP contribution in [0, 0.1) is 6.92 Å². The molecule has 2 aromatic rings. The monoisotopic (exact) mass is 307 g/mol. The highest BCUT2D eigenvalue weighted by molar-refractivity contribution is 6.20. The molecule has 0 aliphatic rings. The molecule has 116 valence electrons. The van der Waals surface area contributed by atoms with Crippen LogP contribution in [0.15, 0.2) is 18.2 Å². The quantitative estimate of drug-likeness (QED) is 0.739. The zero-order valence-electron chi connectivity index (χ0n) is 13.7. The van der Waals surface area contributed by atoms with E-state index in [9.17, 15) is 0 Å². The molecule has 2 rings (SSSR count). The van der Waals surface area contributed by atoms with Crippen molar-refractivity contribution in [3.8, 4) is 0 Å². The maximum atomic E-state index is 6.33. The minimum absolute atomic E-state index is 0.0698. The molecule has 21 heavy (non-hydrogen) atoms. The highest BCUT2D eigenvalue weighted by Crippen LogP contribution is 2.26. The summed E-state index contributed by atoms with van der Waals surface area (Å²) in [5.74, 6) is 0.980. The van der Waals surface area contributed by atoms with Gasteiger partial charge < -0.3 is 9.47 Å². The first-order valence-corrected chi connectivity index (χ1v) is 8.15. The van der Waals surface area contributed by atoms with Crippen LogP contribution in [0.4, 0.5) is 0 Å². The molecule has 1 aromatic carbocycles. The van der Waals surface area contributed by atoms with Gasteiger partial charge in [-0.3, -0.25) is 0 Å². The summed E-state index contributed by atoms with van der Waals surface area (Å²) >= 11 is 6.33. The highest BCUT2D eigenvalue weighted by Gasteiger charge is 2.16. The second-order valence-electron chi connectivity index (χ2n) is 6.11. The summed E-state index contributed by atoms with van der Waals surface area (Å²) in [6.45, 7) is 10.6. The van der Waals surface area contributed by atoms with E-state index in [1.54, 1.807) is 0 Å². The van der Waals surface area contributed by atoms with Crippen molar-refractivity contribution in [1.82, 2.24) is 14.5 Å². The van der Waals surface area contributed by atoms with Gasteiger partial charge in [0.05, 0.1) is 16.4 Å². The lowest BCUT2D eigenvalue weighted by Gasteiger charge is -2.21. The van der Waals surface area contributed by atoms with E-state index in [0.717, 1.165) is 30.9 Å². The molecule has 1 aromatic heterocycles. The summed E-state index contributed by atoms with van der Waals surface area (Å²) in [5, 5.41) is -0.0698. The number of alkyl halides is 1. The Balaban J connectivity index is 2.25. The Bertz CT molecular complexity index is 601. The summed E-state index contributed by atoms with van der Waals surface area (Å²) in [6.07, 6.45) is 1.10. The molecule has 0 radical (unpaired) electrons. The van der Waals surface area contributed by atoms with Crippen molar-refractivity contribution in [1.29, 1.82) is 0 Å². The van der Waals surface area contributed by atoms with Gasteiger partial charge >= 0.3 is 0 Å². The maximum absolute atomic E-state index is 6.33. The molecule has 0 spiro atoms. The minimum atomic E-state index is -0.0698. The van der Waals surface area contributed by atoms with Crippen LogP contribution in [0.25, 0.3) is 11.0 Å². The third-order valence-electron chi connectivity index (χ3n) is 4.14. The number of aryl methyl sites for hydroxylation is 2. The smallest absolute Gasteiger partial charge is 0.127 e. The van der Waals surface area contributed by atoms with Crippen LogP contribution in [-0.2, 0) is 6.54 Å². The standard InChI is InChI=1S/C17H26ClN3/c1-12(2)20(5)10-7-11-21-15-9-6-8-13(3)16(15)19-17(21)14(4)18/h6,8-9,12,14H,7,10-11H2,1-5H3. The second-order valence-corrected chi connectivity index (χ2v) is 6.76. The van der Waals surface area contributed by atoms with Gasteiger partial charge in [0.15, 0.2) is 0 Å². The van der Waals surface area contributed by atoms with E-state index in [4.69, 9.17) is 16.6 Å². The first-order chi connectivity index (χ1) is 9.91. The van der Waals surface area contributed by atoms with E-state index in [-0.39, 0.29) is 5.38 Å². The number of nitrogens with zero attached hydrogens (tertiary/aromatic N) is 3. The number of hydrogen-bond donors (Lipinski definition) is 0. The van der Waals surface area contributed by atoms with Crippen molar-refractivity contribution in [3.63, 3.8) is 0 Å². The van der Waals surface area contributed by atoms with Crippen LogP contribution >= 0.6 is 11.6 Å². The number of imidazole rings is 1. The third-order valence-corrected chi connectivity index (χ3v) is 4.34. The Morgan fingerprint density at radius 1 is 1.29 bits per heavy atom. The van der Waals surface area contributed by atoms with Crippen LogP contribution in [0.3, 0.4) is 0 Å². The summed E-state index contributed by atoms with van der Waals surface area (Å²) in [4.78, 5) is 7.13. The normalized spacial score (nSPS) is 13.5. The van der Waals surface area contributed by atoms with Crippen LogP contribution in [0.1, 0.15) is 44.0 Å². The number of fused-ring (bicyclic) bond motifs is 1. The summed E-state index contributed by atoms with van der Waals surface area (Å²) < 4.78 is 2.29. The largest absolute Gasteiger partial charge is 0.327 e. The Kier molecular flexibility index (Phi) is 5.28. The topological polar surface area (TPSA) is 21.1 Å². The van der Waals surface area contributed by atoms with Crippen LogP contribution in [0.5, 0.6) is 0 Å². The average molecular weight is 308 g/mol. The predicted molar refractivity (Wildman–Crippen MR) is 91.1 cm³/mol. The van der Waals surface area contributed by atoms with Gasteiger partial charge in [0, 0.05) is 12.6 Å². The third kappa shape index (κ3) is 3.58. The van der Waals surface area contributed by atoms with Gasteiger partial charge in [0.1, 0.15) is 5.82 Å². The first-order valence-electron chi connectivity index (χ1n) is 7.72. The number of hydrogen-bond acceptors (Lipinski definition) is 2. The van der Waals surface area contributed by atoms with Crippen molar-refractivity contribution in [2.75, 3.05) is 13.6 Å².